The molecule has 0 aliphatic carbocycles. The van der Waals surface area contributed by atoms with Gasteiger partial charge in [-0.1, -0.05) is 18.2 Å². The summed E-state index contributed by atoms with van der Waals surface area (Å²) in [5, 5.41) is 2.99. The third kappa shape index (κ3) is 7.71. The lowest BCUT2D eigenvalue weighted by Gasteiger charge is -2.25. The summed E-state index contributed by atoms with van der Waals surface area (Å²) in [7, 11) is 4.59. The van der Waals surface area contributed by atoms with Crippen LogP contribution in [-0.2, 0) is 41.6 Å². The molecule has 40 heavy (non-hydrogen) atoms. The first-order chi connectivity index (χ1) is 19.4. The molecule has 2 heterocycles. The molecule has 1 saturated heterocycles. The monoisotopic (exact) mass is 555 g/mol. The van der Waals surface area contributed by atoms with Gasteiger partial charge in [0.1, 0.15) is 12.4 Å². The van der Waals surface area contributed by atoms with Gasteiger partial charge in [0, 0.05) is 40.3 Å². The van der Waals surface area contributed by atoms with E-state index in [1.807, 2.05) is 42.5 Å². The number of carbonyl (C=O) groups is 3. The SMILES string of the molecule is COCCN1CC(=O)N[C@H]2CN(C(=O)COC)C[C@@H]2OCc2cccc(c2)Oc2cc(ccc2OC)CCC1=O. The molecule has 1 fully saturated rings. The number of nitrogens with zero attached hydrogens (tertiary/aromatic N) is 2. The zero-order valence-electron chi connectivity index (χ0n) is 23.2. The van der Waals surface area contributed by atoms with Gasteiger partial charge < -0.3 is 38.8 Å². The van der Waals surface area contributed by atoms with E-state index < -0.39 is 12.1 Å². The molecule has 1 N–H and O–H groups in total. The van der Waals surface area contributed by atoms with Crippen LogP contribution in [0.5, 0.6) is 17.2 Å². The highest BCUT2D eigenvalue weighted by Gasteiger charge is 2.37. The Balaban J connectivity index is 1.62. The van der Waals surface area contributed by atoms with Gasteiger partial charge in [0.05, 0.1) is 39.0 Å². The van der Waals surface area contributed by atoms with Gasteiger partial charge in [-0.2, -0.15) is 0 Å². The molecule has 216 valence electrons. The minimum Gasteiger partial charge on any atom is -0.493 e. The highest BCUT2D eigenvalue weighted by molar-refractivity contribution is 5.85. The Morgan fingerprint density at radius 1 is 1.02 bits per heavy atom. The van der Waals surface area contributed by atoms with Crippen LogP contribution < -0.4 is 14.8 Å². The number of nitrogens with one attached hydrogen (secondary N) is 1. The van der Waals surface area contributed by atoms with Crippen molar-refractivity contribution in [3.05, 3.63) is 53.6 Å². The van der Waals surface area contributed by atoms with Gasteiger partial charge >= 0.3 is 0 Å². The minimum absolute atomic E-state index is 0.0593. The molecule has 0 aromatic heterocycles. The van der Waals surface area contributed by atoms with Crippen molar-refractivity contribution in [2.45, 2.75) is 31.6 Å². The van der Waals surface area contributed by atoms with Crippen LogP contribution in [0.1, 0.15) is 17.5 Å². The Bertz CT molecular complexity index is 1190. The summed E-state index contributed by atoms with van der Waals surface area (Å²) in [6.07, 6.45) is 0.208. The van der Waals surface area contributed by atoms with Gasteiger partial charge in [-0.3, -0.25) is 14.4 Å². The van der Waals surface area contributed by atoms with Gasteiger partial charge in [0.15, 0.2) is 11.5 Å². The van der Waals surface area contributed by atoms with E-state index in [0.29, 0.717) is 36.8 Å². The Morgan fingerprint density at radius 2 is 1.88 bits per heavy atom. The molecule has 4 rings (SSSR count). The molecule has 4 bridgehead atoms. The third-order valence-corrected chi connectivity index (χ3v) is 6.93. The molecule has 2 aliphatic heterocycles. The molecule has 2 aliphatic rings. The Kier molecular flexibility index (Phi) is 10.3. The topological polar surface area (TPSA) is 116 Å². The van der Waals surface area contributed by atoms with Gasteiger partial charge in [-0.25, -0.2) is 0 Å². The van der Waals surface area contributed by atoms with E-state index in [-0.39, 0.29) is 57.0 Å². The predicted molar refractivity (Wildman–Crippen MR) is 145 cm³/mol. The van der Waals surface area contributed by atoms with Crippen LogP contribution >= 0.6 is 0 Å². The summed E-state index contributed by atoms with van der Waals surface area (Å²) >= 11 is 0. The summed E-state index contributed by atoms with van der Waals surface area (Å²) in [5.74, 6) is 1.02. The molecule has 2 atom stereocenters. The van der Waals surface area contributed by atoms with Crippen LogP contribution in [0.15, 0.2) is 42.5 Å². The second-order valence-corrected chi connectivity index (χ2v) is 9.80. The highest BCUT2D eigenvalue weighted by atomic mass is 16.5. The standard InChI is InChI=1S/C29H37N3O8/c1-36-12-11-31-17-27(33)30-23-15-32(29(35)19-37-2)16-26(23)39-18-21-5-4-6-22(13-21)40-25-14-20(8-10-28(31)34)7-9-24(25)38-3/h4-7,9,13-14,23,26H,8,10-12,15-19H2,1-3H3,(H,30,33)/t23-,26-/m0/s1. The average molecular weight is 556 g/mol. The van der Waals surface area contributed by atoms with Crippen molar-refractivity contribution in [2.75, 3.05) is 60.7 Å². The zero-order valence-corrected chi connectivity index (χ0v) is 23.2. The van der Waals surface area contributed by atoms with Crippen LogP contribution in [0.2, 0.25) is 0 Å². The number of hydrogen-bond donors (Lipinski definition) is 1. The number of carbonyl (C=O) groups excluding carboxylic acids is 3. The molecule has 0 saturated carbocycles. The fourth-order valence-corrected chi connectivity index (χ4v) is 4.81. The number of aryl methyl sites for hydroxylation is 1. The van der Waals surface area contributed by atoms with E-state index in [1.54, 1.807) is 19.1 Å². The molecule has 11 nitrogen and oxygen atoms in total. The van der Waals surface area contributed by atoms with Crippen molar-refractivity contribution in [1.29, 1.82) is 0 Å². The summed E-state index contributed by atoms with van der Waals surface area (Å²) in [5.41, 5.74) is 1.77. The molecule has 3 amide bonds. The molecule has 2 aromatic rings. The van der Waals surface area contributed by atoms with Crippen molar-refractivity contribution < 1.29 is 38.1 Å². The van der Waals surface area contributed by atoms with Crippen molar-refractivity contribution >= 4 is 17.7 Å². The second kappa shape index (κ2) is 14.1. The number of benzene rings is 2. The maximum absolute atomic E-state index is 13.2. The number of amides is 3. The average Bonchev–Trinajstić information content (AvgIpc) is 3.35. The normalized spacial score (nSPS) is 20.2. The number of hydrogen-bond acceptors (Lipinski definition) is 8. The fourth-order valence-electron chi connectivity index (χ4n) is 4.81. The second-order valence-electron chi connectivity index (χ2n) is 9.80. The molecular weight excluding hydrogens is 518 g/mol. The van der Waals surface area contributed by atoms with E-state index in [4.69, 9.17) is 23.7 Å². The molecule has 0 unspecified atom stereocenters. The highest BCUT2D eigenvalue weighted by Crippen LogP contribution is 2.33. The first kappa shape index (κ1) is 29.3. The number of methoxy groups -OCH3 is 3. The quantitative estimate of drug-likeness (QED) is 0.574. The number of ether oxygens (including phenoxy) is 5. The van der Waals surface area contributed by atoms with Crippen LogP contribution in [-0.4, -0.2) is 100 Å². The zero-order chi connectivity index (χ0) is 28.5. The van der Waals surface area contributed by atoms with Crippen LogP contribution in [0.25, 0.3) is 0 Å². The van der Waals surface area contributed by atoms with Crippen LogP contribution in [0.3, 0.4) is 0 Å². The lowest BCUT2D eigenvalue weighted by Crippen LogP contribution is -2.49. The molecule has 0 radical (unpaired) electrons. The van der Waals surface area contributed by atoms with Gasteiger partial charge in [-0.05, 0) is 41.8 Å². The van der Waals surface area contributed by atoms with E-state index in [2.05, 4.69) is 5.32 Å². The fraction of sp³-hybridized carbons (Fsp3) is 0.483. The van der Waals surface area contributed by atoms with Crippen LogP contribution in [0, 0.1) is 0 Å². The van der Waals surface area contributed by atoms with Crippen molar-refractivity contribution in [2.24, 2.45) is 0 Å². The number of fused-ring (bicyclic) bond motifs is 5. The van der Waals surface area contributed by atoms with Gasteiger partial charge in [0.25, 0.3) is 0 Å². The summed E-state index contributed by atoms with van der Waals surface area (Å²) in [4.78, 5) is 42.0. The Morgan fingerprint density at radius 3 is 2.65 bits per heavy atom. The first-order valence-electron chi connectivity index (χ1n) is 13.3. The van der Waals surface area contributed by atoms with Crippen molar-refractivity contribution in [3.8, 4) is 17.2 Å². The maximum atomic E-state index is 13.2. The van der Waals surface area contributed by atoms with Crippen molar-refractivity contribution in [1.82, 2.24) is 15.1 Å². The molecule has 2 aromatic carbocycles. The Labute approximate surface area is 234 Å². The predicted octanol–water partition coefficient (Wildman–Crippen LogP) is 1.77. The minimum atomic E-state index is -0.451. The van der Waals surface area contributed by atoms with E-state index in [9.17, 15) is 14.4 Å². The summed E-state index contributed by atoms with van der Waals surface area (Å²) < 4.78 is 28.1. The lowest BCUT2D eigenvalue weighted by atomic mass is 10.1. The van der Waals surface area contributed by atoms with E-state index in [0.717, 1.165) is 11.1 Å². The number of rotatable bonds is 6. The largest absolute Gasteiger partial charge is 0.493 e. The molecular formula is C29H37N3O8. The molecule has 0 spiro atoms. The summed E-state index contributed by atoms with van der Waals surface area (Å²) in [6.45, 7) is 1.22. The number of likely N-dealkylation sites (tertiary alicyclic amines) is 1. The van der Waals surface area contributed by atoms with Gasteiger partial charge in [0.2, 0.25) is 17.7 Å². The summed E-state index contributed by atoms with van der Waals surface area (Å²) in [6, 6.07) is 12.6. The maximum Gasteiger partial charge on any atom is 0.248 e. The van der Waals surface area contributed by atoms with E-state index in [1.165, 1.54) is 12.0 Å². The first-order valence-corrected chi connectivity index (χ1v) is 13.3. The lowest BCUT2D eigenvalue weighted by molar-refractivity contribution is -0.137. The van der Waals surface area contributed by atoms with Crippen molar-refractivity contribution in [3.63, 3.8) is 0 Å². The smallest absolute Gasteiger partial charge is 0.248 e. The van der Waals surface area contributed by atoms with E-state index >= 15 is 0 Å². The van der Waals surface area contributed by atoms with Crippen LogP contribution in [0.4, 0.5) is 0 Å². The van der Waals surface area contributed by atoms with Gasteiger partial charge in [-0.15, -0.1) is 0 Å². The third-order valence-electron chi connectivity index (χ3n) is 6.93. The Hall–Kier alpha value is -3.67. The molecule has 11 heteroatoms.